The summed E-state index contributed by atoms with van der Waals surface area (Å²) in [5, 5.41) is 8.81. The first-order valence-corrected chi connectivity index (χ1v) is 5.69. The Morgan fingerprint density at radius 3 is 2.80 bits per heavy atom. The van der Waals surface area contributed by atoms with E-state index in [0.29, 0.717) is 17.8 Å². The molecular formula is C10H24N5+. The van der Waals surface area contributed by atoms with Gasteiger partial charge < -0.3 is 4.90 Å². The number of nitrogens with one attached hydrogen (secondary N) is 3. The number of rotatable bonds is 3. The minimum Gasteiger partial charge on any atom is -0.300 e. The summed E-state index contributed by atoms with van der Waals surface area (Å²) in [5.41, 5.74) is 2.58. The topological polar surface area (TPSA) is 69.6 Å². The maximum atomic E-state index is 8.01. The average molecular weight is 214 g/mol. The molecule has 1 aliphatic heterocycles. The summed E-state index contributed by atoms with van der Waals surface area (Å²) in [6.45, 7) is 6.58. The minimum atomic E-state index is 0.345. The smallest absolute Gasteiger partial charge is 0.218 e. The van der Waals surface area contributed by atoms with Crippen molar-refractivity contribution in [1.82, 2.24) is 10.4 Å². The van der Waals surface area contributed by atoms with Crippen molar-refractivity contribution in [2.24, 2.45) is 11.8 Å². The molecule has 1 aliphatic rings. The molecule has 2 unspecified atom stereocenters. The second-order valence-electron chi connectivity index (χ2n) is 4.61. The number of quaternary nitrogens is 1. The van der Waals surface area contributed by atoms with Crippen LogP contribution in [0.1, 0.15) is 26.7 Å². The Hall–Kier alpha value is -0.490. The van der Waals surface area contributed by atoms with E-state index in [1.807, 2.05) is 7.05 Å². The van der Waals surface area contributed by atoms with E-state index in [-0.39, 0.29) is 0 Å². The van der Waals surface area contributed by atoms with Crippen LogP contribution >= 0.6 is 0 Å². The van der Waals surface area contributed by atoms with Crippen LogP contribution in [0.3, 0.4) is 0 Å². The molecule has 1 rings (SSSR count). The van der Waals surface area contributed by atoms with Gasteiger partial charge in [0.15, 0.2) is 0 Å². The molecule has 0 aromatic carbocycles. The fourth-order valence-corrected chi connectivity index (χ4v) is 2.10. The van der Waals surface area contributed by atoms with Crippen LogP contribution < -0.4 is 16.4 Å². The Morgan fingerprint density at radius 1 is 1.60 bits per heavy atom. The molecule has 1 heterocycles. The van der Waals surface area contributed by atoms with Gasteiger partial charge in [0, 0.05) is 12.6 Å². The van der Waals surface area contributed by atoms with Gasteiger partial charge >= 0.3 is 0 Å². The first-order valence-electron chi connectivity index (χ1n) is 5.69. The number of hydrogen-bond acceptors (Lipinski definition) is 4. The number of hydrogen-bond donors (Lipinski definition) is 4. The molecule has 1 fully saturated rings. The molecule has 0 amide bonds. The maximum absolute atomic E-state index is 8.01. The Balaban J connectivity index is 2.52. The van der Waals surface area contributed by atoms with Crippen LogP contribution in [-0.4, -0.2) is 36.9 Å². The van der Waals surface area contributed by atoms with Crippen molar-refractivity contribution in [2.75, 3.05) is 20.1 Å². The maximum Gasteiger partial charge on any atom is 0.218 e. The summed E-state index contributed by atoms with van der Waals surface area (Å²) < 4.78 is 0. The molecule has 2 atom stereocenters. The Morgan fingerprint density at radius 2 is 2.27 bits per heavy atom. The lowest BCUT2D eigenvalue weighted by Crippen LogP contribution is -3.20. The van der Waals surface area contributed by atoms with Crippen LogP contribution in [0.15, 0.2) is 0 Å². The highest BCUT2D eigenvalue weighted by Gasteiger charge is 2.29. The number of nitrogens with zero attached hydrogens (tertiary/aromatic N) is 1. The van der Waals surface area contributed by atoms with E-state index >= 15 is 0 Å². The third-order valence-electron chi connectivity index (χ3n) is 3.21. The number of piperidine rings is 1. The molecule has 0 bridgehead atoms. The van der Waals surface area contributed by atoms with Gasteiger partial charge in [-0.15, -0.1) is 0 Å². The number of nitrogens with two attached hydrogens (primary N) is 1. The van der Waals surface area contributed by atoms with E-state index in [9.17, 15) is 0 Å². The van der Waals surface area contributed by atoms with Gasteiger partial charge in [-0.2, -0.15) is 0 Å². The Kier molecular flexibility index (Phi) is 4.66. The molecule has 15 heavy (non-hydrogen) atoms. The van der Waals surface area contributed by atoms with Gasteiger partial charge in [-0.25, -0.2) is 10.9 Å². The van der Waals surface area contributed by atoms with Gasteiger partial charge in [-0.1, -0.05) is 5.53 Å². The molecule has 0 aromatic heterocycles. The monoisotopic (exact) mass is 214 g/mol. The first kappa shape index (κ1) is 12.6. The van der Waals surface area contributed by atoms with Crippen molar-refractivity contribution in [1.29, 1.82) is 5.41 Å². The van der Waals surface area contributed by atoms with Crippen molar-refractivity contribution >= 4 is 5.84 Å². The highest BCUT2D eigenvalue weighted by Crippen LogP contribution is 2.17. The highest BCUT2D eigenvalue weighted by atomic mass is 15.6. The Bertz CT molecular complexity index is 216. The van der Waals surface area contributed by atoms with E-state index in [1.165, 1.54) is 6.42 Å². The van der Waals surface area contributed by atoms with Crippen LogP contribution in [0.4, 0.5) is 0 Å². The van der Waals surface area contributed by atoms with Crippen molar-refractivity contribution in [3.05, 3.63) is 0 Å². The fourth-order valence-electron chi connectivity index (χ4n) is 2.10. The van der Waals surface area contributed by atoms with Gasteiger partial charge in [0.2, 0.25) is 5.84 Å². The van der Waals surface area contributed by atoms with E-state index in [0.717, 1.165) is 24.5 Å². The molecule has 0 aliphatic carbocycles. The van der Waals surface area contributed by atoms with E-state index < -0.39 is 0 Å². The zero-order valence-corrected chi connectivity index (χ0v) is 10.0. The summed E-state index contributed by atoms with van der Waals surface area (Å²) in [4.78, 5) is 2.44. The lowest BCUT2D eigenvalue weighted by Gasteiger charge is -2.35. The molecule has 0 saturated carbocycles. The summed E-state index contributed by atoms with van der Waals surface area (Å²) in [7, 11) is 1.87. The largest absolute Gasteiger partial charge is 0.300 e. The third kappa shape index (κ3) is 3.24. The highest BCUT2D eigenvalue weighted by molar-refractivity contribution is 5.72. The molecule has 0 aromatic rings. The van der Waals surface area contributed by atoms with Gasteiger partial charge in [0.1, 0.15) is 0 Å². The van der Waals surface area contributed by atoms with Crippen LogP contribution in [0, 0.1) is 11.3 Å². The summed E-state index contributed by atoms with van der Waals surface area (Å²) in [5.74, 6) is 6.35. The quantitative estimate of drug-likeness (QED) is 0.210. The molecule has 5 heteroatoms. The predicted octanol–water partition coefficient (Wildman–Crippen LogP) is -1.02. The number of amidine groups is 1. The molecular weight excluding hydrogens is 190 g/mol. The fraction of sp³-hybridized carbons (Fsp3) is 0.900. The van der Waals surface area contributed by atoms with Gasteiger partial charge in [-0.3, -0.25) is 5.41 Å². The predicted molar refractivity (Wildman–Crippen MR) is 61.4 cm³/mol. The van der Waals surface area contributed by atoms with E-state index in [2.05, 4.69) is 24.3 Å². The SMILES string of the molecule is CC(C)N1CCCC(C(=N)[NH+](C)NN)C1. The second-order valence-corrected chi connectivity index (χ2v) is 4.61. The van der Waals surface area contributed by atoms with Crippen molar-refractivity contribution < 1.29 is 5.01 Å². The van der Waals surface area contributed by atoms with E-state index in [4.69, 9.17) is 11.3 Å². The first-order chi connectivity index (χ1) is 7.06. The molecule has 0 spiro atoms. The van der Waals surface area contributed by atoms with Crippen molar-refractivity contribution in [3.8, 4) is 0 Å². The lowest BCUT2D eigenvalue weighted by atomic mass is 9.95. The molecule has 88 valence electrons. The summed E-state index contributed by atoms with van der Waals surface area (Å²) in [6.07, 6.45) is 2.30. The van der Waals surface area contributed by atoms with Gasteiger partial charge in [-0.05, 0) is 33.2 Å². The second kappa shape index (κ2) is 5.55. The normalized spacial score (nSPS) is 25.5. The third-order valence-corrected chi connectivity index (χ3v) is 3.21. The van der Waals surface area contributed by atoms with Crippen molar-refractivity contribution in [2.45, 2.75) is 32.7 Å². The zero-order chi connectivity index (χ0) is 11.4. The van der Waals surface area contributed by atoms with Crippen LogP contribution in [0.2, 0.25) is 0 Å². The van der Waals surface area contributed by atoms with Crippen molar-refractivity contribution in [3.63, 3.8) is 0 Å². The summed E-state index contributed by atoms with van der Waals surface area (Å²) in [6, 6.07) is 0.576. The Labute approximate surface area is 92.1 Å². The van der Waals surface area contributed by atoms with Gasteiger partial charge in [0.25, 0.3) is 0 Å². The average Bonchev–Trinajstić information content (AvgIpc) is 2.27. The number of likely N-dealkylation sites (tertiary alicyclic amines) is 1. The van der Waals surface area contributed by atoms with Crippen LogP contribution in [0.25, 0.3) is 0 Å². The molecule has 5 nitrogen and oxygen atoms in total. The molecule has 1 saturated heterocycles. The minimum absolute atomic E-state index is 0.345. The number of hydrazine groups is 1. The zero-order valence-electron chi connectivity index (χ0n) is 10.0. The molecule has 0 radical (unpaired) electrons. The van der Waals surface area contributed by atoms with Gasteiger partial charge in [0.05, 0.1) is 13.0 Å². The van der Waals surface area contributed by atoms with Crippen LogP contribution in [0.5, 0.6) is 0 Å². The summed E-state index contributed by atoms with van der Waals surface area (Å²) >= 11 is 0. The standard InChI is InChI=1S/C10H23N5/c1-8(2)15-6-4-5-9(7-15)10(11)14(3)13-12/h8-9,11,13H,4-7,12H2,1-3H3/p+1. The lowest BCUT2D eigenvalue weighted by molar-refractivity contribution is -0.839. The van der Waals surface area contributed by atoms with Crippen LogP contribution in [-0.2, 0) is 0 Å². The molecule has 5 N–H and O–H groups in total. The van der Waals surface area contributed by atoms with E-state index in [1.54, 1.807) is 0 Å².